The molecule has 3 rings (SSSR count). The van der Waals surface area contributed by atoms with Gasteiger partial charge in [0.05, 0.1) is 24.3 Å². The number of carbonyl (C=O) groups is 2. The molecule has 2 aliphatic carbocycles. The average molecular weight is 288 g/mol. The number of nitrogens with zero attached hydrogens (tertiary/aromatic N) is 1. The lowest BCUT2D eigenvalue weighted by molar-refractivity contribution is -0.129. The molecule has 2 saturated carbocycles. The first-order valence-corrected chi connectivity index (χ1v) is 7.38. The van der Waals surface area contributed by atoms with Crippen LogP contribution >= 0.6 is 0 Å². The summed E-state index contributed by atoms with van der Waals surface area (Å²) in [6.45, 7) is -0.0334. The summed E-state index contributed by atoms with van der Waals surface area (Å²) in [4.78, 5) is 27.9. The van der Waals surface area contributed by atoms with Crippen LogP contribution in [0.25, 0.3) is 0 Å². The second-order valence-electron chi connectivity index (χ2n) is 5.94. The van der Waals surface area contributed by atoms with E-state index < -0.39 is 0 Å². The van der Waals surface area contributed by atoms with Crippen molar-refractivity contribution in [1.82, 2.24) is 10.3 Å². The van der Waals surface area contributed by atoms with Gasteiger partial charge in [0.1, 0.15) is 0 Å². The van der Waals surface area contributed by atoms with Gasteiger partial charge >= 0.3 is 0 Å². The van der Waals surface area contributed by atoms with E-state index in [1.807, 2.05) is 0 Å². The normalized spacial score (nSPS) is 30.1. The minimum atomic E-state index is -0.256. The van der Waals surface area contributed by atoms with Crippen molar-refractivity contribution >= 4 is 17.5 Å². The fourth-order valence-electron chi connectivity index (χ4n) is 3.65. The molecule has 0 spiro atoms. The zero-order valence-corrected chi connectivity index (χ0v) is 11.8. The van der Waals surface area contributed by atoms with Crippen molar-refractivity contribution in [3.8, 4) is 0 Å². The first-order valence-electron chi connectivity index (χ1n) is 7.38. The first kappa shape index (κ1) is 14.0. The maximum absolute atomic E-state index is 12.2. The van der Waals surface area contributed by atoms with Crippen LogP contribution in [0.2, 0.25) is 0 Å². The molecule has 21 heavy (non-hydrogen) atoms. The summed E-state index contributed by atoms with van der Waals surface area (Å²) >= 11 is 0. The number of pyridine rings is 1. The van der Waals surface area contributed by atoms with Crippen molar-refractivity contribution in [3.63, 3.8) is 0 Å². The number of hydrogen-bond donors (Lipinski definition) is 3. The highest BCUT2D eigenvalue weighted by atomic mass is 16.2. The number of rotatable bonds is 4. The topological polar surface area (TPSA) is 97.1 Å². The van der Waals surface area contributed by atoms with Crippen LogP contribution in [0, 0.1) is 17.8 Å². The van der Waals surface area contributed by atoms with Gasteiger partial charge in [-0.2, -0.15) is 0 Å². The van der Waals surface area contributed by atoms with Gasteiger partial charge in [0.15, 0.2) is 0 Å². The van der Waals surface area contributed by atoms with Gasteiger partial charge < -0.3 is 16.4 Å². The van der Waals surface area contributed by atoms with Gasteiger partial charge in [0.25, 0.3) is 0 Å². The number of nitrogens with one attached hydrogen (secondary N) is 2. The molecule has 0 saturated heterocycles. The quantitative estimate of drug-likeness (QED) is 0.752. The molecule has 4 unspecified atom stereocenters. The average Bonchev–Trinajstić information content (AvgIpc) is 3.07. The van der Waals surface area contributed by atoms with Gasteiger partial charge in [-0.15, -0.1) is 0 Å². The molecule has 0 radical (unpaired) electrons. The Kier molecular flexibility index (Phi) is 3.88. The third kappa shape index (κ3) is 2.90. The van der Waals surface area contributed by atoms with E-state index in [2.05, 4.69) is 15.6 Å². The van der Waals surface area contributed by atoms with Crippen LogP contribution in [0.15, 0.2) is 24.5 Å². The van der Waals surface area contributed by atoms with Crippen LogP contribution in [0.1, 0.15) is 19.3 Å². The van der Waals surface area contributed by atoms with Crippen molar-refractivity contribution in [2.24, 2.45) is 23.5 Å². The monoisotopic (exact) mass is 288 g/mol. The minimum absolute atomic E-state index is 0.0334. The molecule has 0 aliphatic heterocycles. The molecule has 4 N–H and O–H groups in total. The summed E-state index contributed by atoms with van der Waals surface area (Å²) in [5.41, 5.74) is 6.74. The lowest BCUT2D eigenvalue weighted by atomic mass is 9.84. The fraction of sp³-hybridized carbons (Fsp3) is 0.533. The molecule has 2 fully saturated rings. The van der Waals surface area contributed by atoms with Crippen molar-refractivity contribution in [3.05, 3.63) is 24.5 Å². The molecule has 2 amide bonds. The third-order valence-corrected chi connectivity index (χ3v) is 4.65. The number of carbonyl (C=O) groups excluding carboxylic acids is 2. The number of aromatic nitrogens is 1. The van der Waals surface area contributed by atoms with Gasteiger partial charge in [-0.3, -0.25) is 14.6 Å². The van der Waals surface area contributed by atoms with Crippen LogP contribution in [0.5, 0.6) is 0 Å². The molecule has 0 aromatic carbocycles. The fourth-order valence-corrected chi connectivity index (χ4v) is 3.65. The van der Waals surface area contributed by atoms with Crippen LogP contribution in [-0.4, -0.2) is 29.4 Å². The molecule has 1 aromatic heterocycles. The van der Waals surface area contributed by atoms with Crippen LogP contribution < -0.4 is 16.4 Å². The third-order valence-electron chi connectivity index (χ3n) is 4.65. The Labute approximate surface area is 123 Å². The minimum Gasteiger partial charge on any atom is -0.347 e. The summed E-state index contributed by atoms with van der Waals surface area (Å²) in [5, 5.41) is 5.39. The smallest absolute Gasteiger partial charge is 0.243 e. The van der Waals surface area contributed by atoms with Crippen LogP contribution in [0.3, 0.4) is 0 Å². The number of amides is 2. The lowest BCUT2D eigenvalue weighted by Gasteiger charge is -2.26. The Morgan fingerprint density at radius 2 is 2.14 bits per heavy atom. The van der Waals surface area contributed by atoms with Gasteiger partial charge in [-0.05, 0) is 43.2 Å². The molecule has 112 valence electrons. The van der Waals surface area contributed by atoms with Crippen LogP contribution in [-0.2, 0) is 9.59 Å². The second kappa shape index (κ2) is 5.81. The Balaban J connectivity index is 1.49. The molecular weight excluding hydrogens is 268 g/mol. The molecule has 1 heterocycles. The van der Waals surface area contributed by atoms with Crippen molar-refractivity contribution in [2.75, 3.05) is 11.9 Å². The van der Waals surface area contributed by atoms with Crippen LogP contribution in [0.4, 0.5) is 5.69 Å². The Bertz CT molecular complexity index is 532. The van der Waals surface area contributed by atoms with Crippen molar-refractivity contribution < 1.29 is 9.59 Å². The molecule has 1 aromatic rings. The van der Waals surface area contributed by atoms with Gasteiger partial charge in [-0.1, -0.05) is 0 Å². The predicted octanol–water partition coefficient (Wildman–Crippen LogP) is 0.510. The van der Waals surface area contributed by atoms with E-state index in [1.165, 1.54) is 0 Å². The Morgan fingerprint density at radius 3 is 2.81 bits per heavy atom. The zero-order valence-electron chi connectivity index (χ0n) is 11.8. The Morgan fingerprint density at radius 1 is 1.33 bits per heavy atom. The maximum atomic E-state index is 12.2. The summed E-state index contributed by atoms with van der Waals surface area (Å²) in [7, 11) is 0. The first-order chi connectivity index (χ1) is 10.1. The molecule has 2 aliphatic rings. The lowest BCUT2D eigenvalue weighted by Crippen LogP contribution is -2.46. The molecule has 4 atom stereocenters. The van der Waals surface area contributed by atoms with Crippen molar-refractivity contribution in [2.45, 2.75) is 25.3 Å². The SMILES string of the molecule is NC1C2CCC(C2)C1C(=O)NCC(=O)Nc1cccnc1. The summed E-state index contributed by atoms with van der Waals surface area (Å²) in [5.74, 6) is 0.403. The van der Waals surface area contributed by atoms with Gasteiger partial charge in [0.2, 0.25) is 11.8 Å². The van der Waals surface area contributed by atoms with E-state index in [0.717, 1.165) is 19.3 Å². The van der Waals surface area contributed by atoms with Crippen molar-refractivity contribution in [1.29, 1.82) is 0 Å². The highest BCUT2D eigenvalue weighted by Crippen LogP contribution is 2.47. The van der Waals surface area contributed by atoms with E-state index >= 15 is 0 Å². The molecule has 6 heteroatoms. The number of nitrogens with two attached hydrogens (primary N) is 1. The van der Waals surface area contributed by atoms with Gasteiger partial charge in [0, 0.05) is 12.2 Å². The Hall–Kier alpha value is -1.95. The van der Waals surface area contributed by atoms with E-state index in [4.69, 9.17) is 5.73 Å². The zero-order chi connectivity index (χ0) is 14.8. The highest BCUT2D eigenvalue weighted by Gasteiger charge is 2.48. The van der Waals surface area contributed by atoms with E-state index in [0.29, 0.717) is 17.5 Å². The molecule has 2 bridgehead atoms. The molecule has 6 nitrogen and oxygen atoms in total. The largest absolute Gasteiger partial charge is 0.347 e. The highest BCUT2D eigenvalue weighted by molar-refractivity contribution is 5.94. The summed E-state index contributed by atoms with van der Waals surface area (Å²) in [6.07, 6.45) is 6.47. The number of anilines is 1. The second-order valence-corrected chi connectivity index (χ2v) is 5.94. The van der Waals surface area contributed by atoms with Gasteiger partial charge in [-0.25, -0.2) is 0 Å². The number of fused-ring (bicyclic) bond motifs is 2. The predicted molar refractivity (Wildman–Crippen MR) is 78.2 cm³/mol. The standard InChI is InChI=1S/C15H20N4O2/c16-14-10-4-3-9(6-10)13(14)15(21)18-8-12(20)19-11-2-1-5-17-7-11/h1-2,5,7,9-10,13-14H,3-4,6,8,16H2,(H,18,21)(H,19,20). The van der Waals surface area contributed by atoms with E-state index in [1.54, 1.807) is 24.5 Å². The number of hydrogen-bond acceptors (Lipinski definition) is 4. The summed E-state index contributed by atoms with van der Waals surface area (Å²) < 4.78 is 0. The summed E-state index contributed by atoms with van der Waals surface area (Å²) in [6, 6.07) is 3.44. The molecular formula is C15H20N4O2. The van der Waals surface area contributed by atoms with E-state index in [-0.39, 0.29) is 30.3 Å². The van der Waals surface area contributed by atoms with E-state index in [9.17, 15) is 9.59 Å². The maximum Gasteiger partial charge on any atom is 0.243 e.